The topological polar surface area (TPSA) is 20.3 Å². The number of carbonyl (C=O) groups excluding carboxylic acids is 1. The highest BCUT2D eigenvalue weighted by atomic mass is 32.1. The first-order valence-electron chi connectivity index (χ1n) is 6.59. The van der Waals surface area contributed by atoms with E-state index in [1.165, 1.54) is 9.75 Å². The number of Topliss-reactive ketones (excluding diaryl/α,β-unsaturated/α-hetero) is 1. The van der Waals surface area contributed by atoms with Crippen LogP contribution in [0.4, 0.5) is 0 Å². The predicted octanol–water partition coefficient (Wildman–Crippen LogP) is 4.08. The molecule has 0 amide bonds. The van der Waals surface area contributed by atoms with Gasteiger partial charge in [-0.2, -0.15) is 0 Å². The van der Waals surface area contributed by atoms with Gasteiger partial charge in [-0.25, -0.2) is 0 Å². The fraction of sp³-hybridized carbons (Fsp3) is 0.400. The van der Waals surface area contributed by atoms with Crippen LogP contribution in [0, 0.1) is 0 Å². The second kappa shape index (κ2) is 6.98. The fourth-order valence-corrected chi connectivity index (χ4v) is 3.52. The maximum atomic E-state index is 12.2. The van der Waals surface area contributed by atoms with Gasteiger partial charge in [-0.05, 0) is 36.5 Å². The molecule has 0 bridgehead atoms. The number of aryl methyl sites for hydroxylation is 1. The summed E-state index contributed by atoms with van der Waals surface area (Å²) < 4.78 is 0. The van der Waals surface area contributed by atoms with Crippen LogP contribution in [0.1, 0.15) is 33.3 Å². The molecule has 0 aliphatic rings. The Morgan fingerprint density at radius 3 is 2.63 bits per heavy atom. The summed E-state index contributed by atoms with van der Waals surface area (Å²) in [4.78, 5) is 17.9. The SMILES string of the molecule is CCc1ccc(C(=O)CN(CC)Cc2cccs2)s1. The molecule has 0 unspecified atom stereocenters. The van der Waals surface area contributed by atoms with Crippen LogP contribution >= 0.6 is 22.7 Å². The molecule has 0 saturated heterocycles. The normalized spacial score (nSPS) is 11.1. The Kier molecular flexibility index (Phi) is 5.31. The average Bonchev–Trinajstić information content (AvgIpc) is 3.08. The lowest BCUT2D eigenvalue weighted by Crippen LogP contribution is -2.28. The standard InChI is InChI=1S/C15H19NOS2/c1-3-12-7-8-15(19-12)14(17)11-16(4-2)10-13-6-5-9-18-13/h5-9H,3-4,10-11H2,1-2H3. The Bertz CT molecular complexity index is 516. The Morgan fingerprint density at radius 2 is 2.05 bits per heavy atom. The second-order valence-corrected chi connectivity index (χ2v) is 6.63. The molecule has 0 radical (unpaired) electrons. The van der Waals surface area contributed by atoms with Gasteiger partial charge in [0.25, 0.3) is 0 Å². The van der Waals surface area contributed by atoms with Gasteiger partial charge in [0.15, 0.2) is 5.78 Å². The van der Waals surface area contributed by atoms with Gasteiger partial charge in [0, 0.05) is 16.3 Å². The molecule has 0 saturated carbocycles. The molecule has 0 aromatic carbocycles. The van der Waals surface area contributed by atoms with Crippen molar-refractivity contribution < 1.29 is 4.79 Å². The molecule has 2 nitrogen and oxygen atoms in total. The zero-order chi connectivity index (χ0) is 13.7. The van der Waals surface area contributed by atoms with Crippen LogP contribution in [-0.2, 0) is 13.0 Å². The molecular weight excluding hydrogens is 274 g/mol. The third kappa shape index (κ3) is 4.00. The molecule has 4 heteroatoms. The summed E-state index contributed by atoms with van der Waals surface area (Å²) in [6, 6.07) is 8.21. The monoisotopic (exact) mass is 293 g/mol. The Morgan fingerprint density at radius 1 is 1.21 bits per heavy atom. The molecular formula is C15H19NOS2. The molecule has 2 aromatic heterocycles. The summed E-state index contributed by atoms with van der Waals surface area (Å²) in [7, 11) is 0. The summed E-state index contributed by atoms with van der Waals surface area (Å²) in [5, 5.41) is 2.08. The molecule has 2 heterocycles. The first-order chi connectivity index (χ1) is 9.22. The van der Waals surface area contributed by atoms with Crippen molar-refractivity contribution in [2.45, 2.75) is 26.8 Å². The van der Waals surface area contributed by atoms with Gasteiger partial charge in [-0.3, -0.25) is 9.69 Å². The molecule has 0 spiro atoms. The van der Waals surface area contributed by atoms with Crippen LogP contribution in [0.5, 0.6) is 0 Å². The van der Waals surface area contributed by atoms with Gasteiger partial charge in [-0.15, -0.1) is 22.7 Å². The Balaban J connectivity index is 1.95. The number of nitrogens with zero attached hydrogens (tertiary/aromatic N) is 1. The van der Waals surface area contributed by atoms with E-state index in [0.29, 0.717) is 6.54 Å². The molecule has 2 aromatic rings. The van der Waals surface area contributed by atoms with Gasteiger partial charge < -0.3 is 0 Å². The molecule has 2 rings (SSSR count). The summed E-state index contributed by atoms with van der Waals surface area (Å²) >= 11 is 3.37. The van der Waals surface area contributed by atoms with Gasteiger partial charge in [0.1, 0.15) is 0 Å². The first-order valence-corrected chi connectivity index (χ1v) is 8.29. The molecule has 0 atom stereocenters. The molecule has 0 aliphatic carbocycles. The maximum Gasteiger partial charge on any atom is 0.186 e. The van der Waals surface area contributed by atoms with Crippen molar-refractivity contribution in [3.63, 3.8) is 0 Å². The highest BCUT2D eigenvalue weighted by molar-refractivity contribution is 7.14. The van der Waals surface area contributed by atoms with Gasteiger partial charge in [-0.1, -0.05) is 19.9 Å². The number of hydrogen-bond acceptors (Lipinski definition) is 4. The highest BCUT2D eigenvalue weighted by Gasteiger charge is 2.13. The molecule has 19 heavy (non-hydrogen) atoms. The second-order valence-electron chi connectivity index (χ2n) is 4.43. The average molecular weight is 293 g/mol. The van der Waals surface area contributed by atoms with E-state index in [-0.39, 0.29) is 5.78 Å². The third-order valence-corrected chi connectivity index (χ3v) is 5.19. The van der Waals surface area contributed by atoms with E-state index in [0.717, 1.165) is 24.4 Å². The number of hydrogen-bond donors (Lipinski definition) is 0. The predicted molar refractivity (Wildman–Crippen MR) is 83.3 cm³/mol. The van der Waals surface area contributed by atoms with E-state index in [4.69, 9.17) is 0 Å². The Labute approximate surface area is 122 Å². The summed E-state index contributed by atoms with van der Waals surface area (Å²) in [6.45, 7) is 6.50. The Hall–Kier alpha value is -0.970. The first kappa shape index (κ1) is 14.4. The number of ketones is 1. The summed E-state index contributed by atoms with van der Waals surface area (Å²) in [6.07, 6.45) is 1.00. The van der Waals surface area contributed by atoms with Crippen LogP contribution in [0.3, 0.4) is 0 Å². The minimum Gasteiger partial charge on any atom is -0.292 e. The van der Waals surface area contributed by atoms with Crippen LogP contribution in [0.25, 0.3) is 0 Å². The smallest absolute Gasteiger partial charge is 0.186 e. The van der Waals surface area contributed by atoms with E-state index < -0.39 is 0 Å². The number of likely N-dealkylation sites (N-methyl/N-ethyl adjacent to an activating group) is 1. The molecule has 0 fully saturated rings. The van der Waals surface area contributed by atoms with Gasteiger partial charge in [0.2, 0.25) is 0 Å². The van der Waals surface area contributed by atoms with Crippen molar-refractivity contribution in [3.8, 4) is 0 Å². The van der Waals surface area contributed by atoms with Crippen molar-refractivity contribution in [2.75, 3.05) is 13.1 Å². The van der Waals surface area contributed by atoms with E-state index in [1.54, 1.807) is 22.7 Å². The molecule has 0 aliphatic heterocycles. The van der Waals surface area contributed by atoms with Gasteiger partial charge >= 0.3 is 0 Å². The molecule has 0 N–H and O–H groups in total. The lowest BCUT2D eigenvalue weighted by atomic mass is 10.2. The minimum atomic E-state index is 0.239. The lowest BCUT2D eigenvalue weighted by molar-refractivity contribution is 0.0934. The number of rotatable bonds is 7. The lowest BCUT2D eigenvalue weighted by Gasteiger charge is -2.18. The van der Waals surface area contributed by atoms with Crippen molar-refractivity contribution >= 4 is 28.5 Å². The van der Waals surface area contributed by atoms with E-state index in [2.05, 4.69) is 42.3 Å². The van der Waals surface area contributed by atoms with Crippen molar-refractivity contribution in [1.82, 2.24) is 4.90 Å². The number of thiophene rings is 2. The van der Waals surface area contributed by atoms with Crippen LogP contribution < -0.4 is 0 Å². The van der Waals surface area contributed by atoms with Crippen LogP contribution in [0.2, 0.25) is 0 Å². The summed E-state index contributed by atoms with van der Waals surface area (Å²) in [5.74, 6) is 0.239. The van der Waals surface area contributed by atoms with E-state index in [9.17, 15) is 4.79 Å². The zero-order valence-corrected chi connectivity index (χ0v) is 13.0. The van der Waals surface area contributed by atoms with Crippen molar-refractivity contribution in [2.24, 2.45) is 0 Å². The zero-order valence-electron chi connectivity index (χ0n) is 11.4. The highest BCUT2D eigenvalue weighted by Crippen LogP contribution is 2.18. The van der Waals surface area contributed by atoms with E-state index in [1.807, 2.05) is 6.07 Å². The van der Waals surface area contributed by atoms with Crippen LogP contribution in [-0.4, -0.2) is 23.8 Å². The minimum absolute atomic E-state index is 0.239. The van der Waals surface area contributed by atoms with Crippen molar-refractivity contribution in [3.05, 3.63) is 44.3 Å². The van der Waals surface area contributed by atoms with Crippen molar-refractivity contribution in [1.29, 1.82) is 0 Å². The van der Waals surface area contributed by atoms with Crippen LogP contribution in [0.15, 0.2) is 29.6 Å². The third-order valence-electron chi connectivity index (χ3n) is 3.06. The number of carbonyl (C=O) groups is 1. The largest absolute Gasteiger partial charge is 0.292 e. The summed E-state index contributed by atoms with van der Waals surface area (Å²) in [5.41, 5.74) is 0. The maximum absolute atomic E-state index is 12.2. The van der Waals surface area contributed by atoms with E-state index >= 15 is 0 Å². The fourth-order valence-electron chi connectivity index (χ4n) is 1.90. The molecule has 102 valence electrons. The van der Waals surface area contributed by atoms with Gasteiger partial charge in [0.05, 0.1) is 11.4 Å². The quantitative estimate of drug-likeness (QED) is 0.717.